The number of amides is 1. The van der Waals surface area contributed by atoms with Gasteiger partial charge in [-0.15, -0.1) is 0 Å². The standard InChI is InChI=1S/C18H18ClF2N3O2/c19-13-9-11(6-7-16(13)26-18(20)21)23-17(25)10-24-8-2-3-12-14(22)4-1-5-15(12)24/h1,4-7,9,18H,2-3,8,10,22H2,(H,23,25). The van der Waals surface area contributed by atoms with Crippen molar-refractivity contribution in [1.29, 1.82) is 0 Å². The summed E-state index contributed by atoms with van der Waals surface area (Å²) in [5.41, 5.74) is 9.18. The molecule has 1 aliphatic rings. The number of nitrogens with one attached hydrogen (secondary N) is 1. The number of carbonyl (C=O) groups excluding carboxylic acids is 1. The Morgan fingerprint density at radius 3 is 2.88 bits per heavy atom. The highest BCUT2D eigenvalue weighted by Gasteiger charge is 2.20. The summed E-state index contributed by atoms with van der Waals surface area (Å²) in [5.74, 6) is -0.376. The lowest BCUT2D eigenvalue weighted by atomic mass is 10.00. The Hall–Kier alpha value is -2.54. The lowest BCUT2D eigenvalue weighted by molar-refractivity contribution is -0.115. The molecule has 1 amide bonds. The molecule has 3 rings (SSSR count). The average Bonchev–Trinajstić information content (AvgIpc) is 2.58. The van der Waals surface area contributed by atoms with Gasteiger partial charge in [-0.25, -0.2) is 0 Å². The van der Waals surface area contributed by atoms with Gasteiger partial charge in [0.1, 0.15) is 5.75 Å². The second-order valence-electron chi connectivity index (χ2n) is 5.94. The van der Waals surface area contributed by atoms with Crippen molar-refractivity contribution < 1.29 is 18.3 Å². The van der Waals surface area contributed by atoms with Gasteiger partial charge < -0.3 is 20.7 Å². The molecule has 26 heavy (non-hydrogen) atoms. The van der Waals surface area contributed by atoms with E-state index in [4.69, 9.17) is 17.3 Å². The minimum atomic E-state index is -2.96. The third-order valence-corrected chi connectivity index (χ3v) is 4.44. The Morgan fingerprint density at radius 2 is 2.15 bits per heavy atom. The van der Waals surface area contributed by atoms with Crippen LogP contribution < -0.4 is 20.7 Å². The maximum Gasteiger partial charge on any atom is 0.387 e. The number of alkyl halides is 2. The fraction of sp³-hybridized carbons (Fsp3) is 0.278. The van der Waals surface area contributed by atoms with Crippen LogP contribution in [0.3, 0.4) is 0 Å². The van der Waals surface area contributed by atoms with Crippen molar-refractivity contribution in [2.24, 2.45) is 0 Å². The van der Waals surface area contributed by atoms with E-state index in [2.05, 4.69) is 10.1 Å². The summed E-state index contributed by atoms with van der Waals surface area (Å²) < 4.78 is 28.8. The molecule has 0 aromatic heterocycles. The zero-order chi connectivity index (χ0) is 18.7. The molecule has 0 saturated carbocycles. The number of halogens is 3. The molecule has 0 bridgehead atoms. The summed E-state index contributed by atoms with van der Waals surface area (Å²) in [7, 11) is 0. The molecule has 0 saturated heterocycles. The highest BCUT2D eigenvalue weighted by Crippen LogP contribution is 2.31. The quantitative estimate of drug-likeness (QED) is 0.770. The topological polar surface area (TPSA) is 67.6 Å². The first-order valence-corrected chi connectivity index (χ1v) is 8.48. The highest BCUT2D eigenvalue weighted by atomic mass is 35.5. The van der Waals surface area contributed by atoms with E-state index in [1.807, 2.05) is 23.1 Å². The van der Waals surface area contributed by atoms with Gasteiger partial charge in [0.05, 0.1) is 11.6 Å². The van der Waals surface area contributed by atoms with Crippen molar-refractivity contribution in [1.82, 2.24) is 0 Å². The van der Waals surface area contributed by atoms with Crippen molar-refractivity contribution in [3.63, 3.8) is 0 Å². The Bertz CT molecular complexity index is 817. The molecule has 0 unspecified atom stereocenters. The van der Waals surface area contributed by atoms with Crippen LogP contribution in [-0.4, -0.2) is 25.6 Å². The number of nitrogen functional groups attached to an aromatic ring is 1. The molecule has 5 nitrogen and oxygen atoms in total. The average molecular weight is 382 g/mol. The van der Waals surface area contributed by atoms with Gasteiger partial charge in [-0.1, -0.05) is 17.7 Å². The van der Waals surface area contributed by atoms with Crippen molar-refractivity contribution in [2.45, 2.75) is 19.5 Å². The van der Waals surface area contributed by atoms with E-state index in [0.29, 0.717) is 5.69 Å². The number of ether oxygens (including phenoxy) is 1. The molecule has 2 aromatic rings. The summed E-state index contributed by atoms with van der Waals surface area (Å²) >= 11 is 5.90. The number of anilines is 3. The van der Waals surface area contributed by atoms with Crippen LogP contribution in [0.15, 0.2) is 36.4 Å². The molecule has 0 spiro atoms. The summed E-state index contributed by atoms with van der Waals surface area (Å²) in [6.45, 7) is -2.05. The van der Waals surface area contributed by atoms with E-state index >= 15 is 0 Å². The summed E-state index contributed by atoms with van der Waals surface area (Å²) in [4.78, 5) is 14.3. The first-order valence-electron chi connectivity index (χ1n) is 8.10. The third kappa shape index (κ3) is 4.16. The number of nitrogens with zero attached hydrogens (tertiary/aromatic N) is 1. The normalized spacial score (nSPS) is 13.5. The Labute approximate surface area is 154 Å². The molecule has 0 radical (unpaired) electrons. The van der Waals surface area contributed by atoms with Gasteiger partial charge in [0.25, 0.3) is 0 Å². The van der Waals surface area contributed by atoms with Gasteiger partial charge in [0.15, 0.2) is 0 Å². The third-order valence-electron chi connectivity index (χ3n) is 4.15. The first kappa shape index (κ1) is 18.3. The number of hydrogen-bond donors (Lipinski definition) is 2. The molecule has 0 atom stereocenters. The molecular formula is C18H18ClF2N3O2. The molecule has 1 heterocycles. The number of benzene rings is 2. The van der Waals surface area contributed by atoms with Gasteiger partial charge >= 0.3 is 6.61 Å². The predicted molar refractivity (Wildman–Crippen MR) is 98.1 cm³/mol. The van der Waals surface area contributed by atoms with Gasteiger partial charge in [-0.2, -0.15) is 8.78 Å². The van der Waals surface area contributed by atoms with E-state index in [0.717, 1.165) is 36.3 Å². The molecule has 3 N–H and O–H groups in total. The number of hydrogen-bond acceptors (Lipinski definition) is 4. The van der Waals surface area contributed by atoms with Crippen LogP contribution >= 0.6 is 11.6 Å². The van der Waals surface area contributed by atoms with Crippen molar-refractivity contribution in [3.8, 4) is 5.75 Å². The van der Waals surface area contributed by atoms with Crippen molar-refractivity contribution >= 4 is 34.6 Å². The van der Waals surface area contributed by atoms with Gasteiger partial charge in [-0.05, 0) is 48.7 Å². The molecule has 1 aliphatic heterocycles. The van der Waals surface area contributed by atoms with Crippen LogP contribution in [0.4, 0.5) is 25.8 Å². The smallest absolute Gasteiger partial charge is 0.387 e. The Balaban J connectivity index is 1.67. The largest absolute Gasteiger partial charge is 0.433 e. The zero-order valence-electron chi connectivity index (χ0n) is 13.8. The molecule has 0 fully saturated rings. The van der Waals surface area contributed by atoms with Crippen LogP contribution in [0.2, 0.25) is 5.02 Å². The molecule has 2 aromatic carbocycles. The van der Waals surface area contributed by atoms with Crippen LogP contribution in [0.25, 0.3) is 0 Å². The Kier molecular flexibility index (Phi) is 5.46. The highest BCUT2D eigenvalue weighted by molar-refractivity contribution is 6.32. The second-order valence-corrected chi connectivity index (χ2v) is 6.35. The predicted octanol–water partition coefficient (Wildman–Crippen LogP) is 3.91. The maximum absolute atomic E-state index is 12.4. The maximum atomic E-state index is 12.4. The van der Waals surface area contributed by atoms with Crippen molar-refractivity contribution in [2.75, 3.05) is 29.0 Å². The number of fused-ring (bicyclic) bond motifs is 1. The number of rotatable bonds is 5. The minimum absolute atomic E-state index is 0.000748. The van der Waals surface area contributed by atoms with Crippen LogP contribution in [-0.2, 0) is 11.2 Å². The van der Waals surface area contributed by atoms with Gasteiger partial charge in [-0.3, -0.25) is 4.79 Å². The summed E-state index contributed by atoms with van der Waals surface area (Å²) in [5, 5.41) is 2.72. The lowest BCUT2D eigenvalue weighted by Gasteiger charge is -2.31. The SMILES string of the molecule is Nc1cccc2c1CCCN2CC(=O)Nc1ccc(OC(F)F)c(Cl)c1. The minimum Gasteiger partial charge on any atom is -0.433 e. The van der Waals surface area contributed by atoms with Gasteiger partial charge in [0, 0.05) is 23.6 Å². The van der Waals surface area contributed by atoms with Gasteiger partial charge in [0.2, 0.25) is 5.91 Å². The second kappa shape index (κ2) is 7.78. The van der Waals surface area contributed by atoms with E-state index in [-0.39, 0.29) is 23.2 Å². The molecule has 138 valence electrons. The fourth-order valence-electron chi connectivity index (χ4n) is 3.04. The van der Waals surface area contributed by atoms with E-state index in [1.54, 1.807) is 0 Å². The summed E-state index contributed by atoms with van der Waals surface area (Å²) in [6.07, 6.45) is 1.81. The Morgan fingerprint density at radius 1 is 1.35 bits per heavy atom. The molecule has 8 heteroatoms. The van der Waals surface area contributed by atoms with E-state index < -0.39 is 6.61 Å². The van der Waals surface area contributed by atoms with E-state index in [9.17, 15) is 13.6 Å². The molecular weight excluding hydrogens is 364 g/mol. The summed E-state index contributed by atoms with van der Waals surface area (Å²) in [6, 6.07) is 9.80. The monoisotopic (exact) mass is 381 g/mol. The first-order chi connectivity index (χ1) is 12.4. The van der Waals surface area contributed by atoms with Crippen LogP contribution in [0.1, 0.15) is 12.0 Å². The number of carbonyl (C=O) groups is 1. The zero-order valence-corrected chi connectivity index (χ0v) is 14.6. The van der Waals surface area contributed by atoms with E-state index in [1.165, 1.54) is 18.2 Å². The molecule has 0 aliphatic carbocycles. The number of nitrogens with two attached hydrogens (primary N) is 1. The van der Waals surface area contributed by atoms with Crippen LogP contribution in [0.5, 0.6) is 5.75 Å². The fourth-order valence-corrected chi connectivity index (χ4v) is 3.26. The van der Waals surface area contributed by atoms with Crippen LogP contribution in [0, 0.1) is 0 Å². The van der Waals surface area contributed by atoms with Crippen molar-refractivity contribution in [3.05, 3.63) is 47.0 Å². The lowest BCUT2D eigenvalue weighted by Crippen LogP contribution is -2.37.